The van der Waals surface area contributed by atoms with Crippen molar-refractivity contribution in [3.05, 3.63) is 30.1 Å². The number of aromatic nitrogens is 3. The van der Waals surface area contributed by atoms with Crippen LogP contribution in [0.5, 0.6) is 5.75 Å². The van der Waals surface area contributed by atoms with Gasteiger partial charge in [-0.3, -0.25) is 9.36 Å². The maximum Gasteiger partial charge on any atom is 0.313 e. The summed E-state index contributed by atoms with van der Waals surface area (Å²) in [4.78, 5) is 10.7. The van der Waals surface area contributed by atoms with Gasteiger partial charge in [0.2, 0.25) is 0 Å². The standard InChI is InChI=1S/C13H15N3O4S/c1-2-20-10-5-3-9(4-6-10)16-11(7-17)14-15-13(16)21-8-12(18)19/h3-6,17H,2,7-8H2,1H3,(H,18,19). The van der Waals surface area contributed by atoms with Gasteiger partial charge in [0.15, 0.2) is 11.0 Å². The van der Waals surface area contributed by atoms with Crippen LogP contribution in [0.15, 0.2) is 29.4 Å². The highest BCUT2D eigenvalue weighted by Gasteiger charge is 2.15. The summed E-state index contributed by atoms with van der Waals surface area (Å²) in [5.74, 6) is 0.0269. The highest BCUT2D eigenvalue weighted by molar-refractivity contribution is 7.99. The Kier molecular flexibility index (Phi) is 5.18. The minimum absolute atomic E-state index is 0.124. The molecule has 112 valence electrons. The minimum Gasteiger partial charge on any atom is -0.494 e. The lowest BCUT2D eigenvalue weighted by Gasteiger charge is -2.09. The molecule has 0 radical (unpaired) electrons. The Morgan fingerprint density at radius 3 is 2.62 bits per heavy atom. The summed E-state index contributed by atoms with van der Waals surface area (Å²) in [5.41, 5.74) is 0.736. The van der Waals surface area contributed by atoms with Crippen LogP contribution in [-0.4, -0.2) is 43.3 Å². The van der Waals surface area contributed by atoms with Gasteiger partial charge in [-0.05, 0) is 31.2 Å². The number of carbonyl (C=O) groups is 1. The molecule has 0 saturated heterocycles. The molecule has 1 heterocycles. The lowest BCUT2D eigenvalue weighted by molar-refractivity contribution is -0.133. The molecule has 2 N–H and O–H groups in total. The molecular formula is C13H15N3O4S. The van der Waals surface area contributed by atoms with Crippen LogP contribution in [-0.2, 0) is 11.4 Å². The van der Waals surface area contributed by atoms with Crippen molar-refractivity contribution in [3.8, 4) is 11.4 Å². The Morgan fingerprint density at radius 1 is 1.33 bits per heavy atom. The molecule has 0 bridgehead atoms. The summed E-state index contributed by atoms with van der Waals surface area (Å²) in [6.45, 7) is 2.19. The molecule has 0 saturated carbocycles. The second-order valence-electron chi connectivity index (χ2n) is 4.00. The third-order valence-corrected chi connectivity index (χ3v) is 3.49. The van der Waals surface area contributed by atoms with Gasteiger partial charge in [-0.2, -0.15) is 0 Å². The second-order valence-corrected chi connectivity index (χ2v) is 4.94. The number of rotatable bonds is 7. The van der Waals surface area contributed by atoms with Crippen LogP contribution < -0.4 is 4.74 Å². The molecule has 1 aromatic carbocycles. The van der Waals surface area contributed by atoms with Gasteiger partial charge in [0.1, 0.15) is 12.4 Å². The summed E-state index contributed by atoms with van der Waals surface area (Å²) in [5, 5.41) is 26.3. The maximum atomic E-state index is 10.7. The zero-order valence-corrected chi connectivity index (χ0v) is 12.2. The van der Waals surface area contributed by atoms with Crippen LogP contribution in [0.4, 0.5) is 0 Å². The SMILES string of the molecule is CCOc1ccc(-n2c(CO)nnc2SCC(=O)O)cc1. The van der Waals surface area contributed by atoms with Gasteiger partial charge in [0.25, 0.3) is 0 Å². The van der Waals surface area contributed by atoms with Crippen molar-refractivity contribution in [2.45, 2.75) is 18.7 Å². The molecule has 2 aromatic rings. The van der Waals surface area contributed by atoms with Gasteiger partial charge >= 0.3 is 5.97 Å². The zero-order valence-electron chi connectivity index (χ0n) is 11.4. The van der Waals surface area contributed by atoms with Crippen LogP contribution in [0.25, 0.3) is 5.69 Å². The quantitative estimate of drug-likeness (QED) is 0.745. The first kappa shape index (κ1) is 15.3. The number of hydrogen-bond acceptors (Lipinski definition) is 6. The van der Waals surface area contributed by atoms with Crippen molar-refractivity contribution in [1.82, 2.24) is 14.8 Å². The number of thioether (sulfide) groups is 1. The van der Waals surface area contributed by atoms with Crippen LogP contribution in [0.2, 0.25) is 0 Å². The first-order valence-corrected chi connectivity index (χ1v) is 7.27. The smallest absolute Gasteiger partial charge is 0.313 e. The molecule has 0 amide bonds. The first-order valence-electron chi connectivity index (χ1n) is 6.28. The number of hydrogen-bond donors (Lipinski definition) is 2. The maximum absolute atomic E-state index is 10.7. The number of aliphatic carboxylic acids is 1. The van der Waals surface area contributed by atoms with Crippen molar-refractivity contribution in [3.63, 3.8) is 0 Å². The number of carboxylic acids is 1. The predicted molar refractivity (Wildman–Crippen MR) is 76.8 cm³/mol. The van der Waals surface area contributed by atoms with E-state index in [0.717, 1.165) is 23.2 Å². The Balaban J connectivity index is 2.31. The van der Waals surface area contributed by atoms with E-state index in [9.17, 15) is 9.90 Å². The number of carboxylic acid groups (broad SMARTS) is 1. The summed E-state index contributed by atoms with van der Waals surface area (Å²) >= 11 is 1.05. The third kappa shape index (κ3) is 3.73. The molecule has 0 aliphatic carbocycles. The molecule has 8 heteroatoms. The van der Waals surface area contributed by atoms with E-state index in [0.29, 0.717) is 17.6 Å². The van der Waals surface area contributed by atoms with Gasteiger partial charge in [-0.15, -0.1) is 10.2 Å². The Labute approximate surface area is 125 Å². The van der Waals surface area contributed by atoms with E-state index >= 15 is 0 Å². The summed E-state index contributed by atoms with van der Waals surface area (Å²) < 4.78 is 7.00. The van der Waals surface area contributed by atoms with Gasteiger partial charge in [-0.25, -0.2) is 0 Å². The fraction of sp³-hybridized carbons (Fsp3) is 0.308. The minimum atomic E-state index is -0.938. The molecule has 0 aliphatic heterocycles. The van der Waals surface area contributed by atoms with Crippen molar-refractivity contribution < 1.29 is 19.7 Å². The normalized spacial score (nSPS) is 10.6. The van der Waals surface area contributed by atoms with E-state index in [4.69, 9.17) is 9.84 Å². The van der Waals surface area contributed by atoms with Crippen LogP contribution in [0.1, 0.15) is 12.7 Å². The molecule has 1 aromatic heterocycles. The average Bonchev–Trinajstić information content (AvgIpc) is 2.89. The zero-order chi connectivity index (χ0) is 15.2. The summed E-state index contributed by atoms with van der Waals surface area (Å²) in [6, 6.07) is 7.20. The van der Waals surface area contributed by atoms with E-state index < -0.39 is 5.97 Å². The highest BCUT2D eigenvalue weighted by Crippen LogP contribution is 2.23. The van der Waals surface area contributed by atoms with Crippen molar-refractivity contribution >= 4 is 17.7 Å². The third-order valence-electron chi connectivity index (χ3n) is 2.57. The number of benzene rings is 1. The Morgan fingerprint density at radius 2 is 2.05 bits per heavy atom. The molecule has 0 spiro atoms. The molecule has 0 aliphatic rings. The second kappa shape index (κ2) is 7.09. The van der Waals surface area contributed by atoms with Gasteiger partial charge < -0.3 is 14.9 Å². The first-order chi connectivity index (χ1) is 10.2. The van der Waals surface area contributed by atoms with E-state index in [-0.39, 0.29) is 12.4 Å². The molecule has 7 nitrogen and oxygen atoms in total. The van der Waals surface area contributed by atoms with Gasteiger partial charge in [-0.1, -0.05) is 11.8 Å². The van der Waals surface area contributed by atoms with E-state index in [1.54, 1.807) is 28.8 Å². The number of aliphatic hydroxyl groups is 1. The van der Waals surface area contributed by atoms with Crippen LogP contribution >= 0.6 is 11.8 Å². The average molecular weight is 309 g/mol. The van der Waals surface area contributed by atoms with Crippen LogP contribution in [0, 0.1) is 0 Å². The highest BCUT2D eigenvalue weighted by atomic mass is 32.2. The summed E-state index contributed by atoms with van der Waals surface area (Å²) in [6.07, 6.45) is 0. The van der Waals surface area contributed by atoms with Gasteiger partial charge in [0.05, 0.1) is 12.4 Å². The fourth-order valence-corrected chi connectivity index (χ4v) is 2.43. The fourth-order valence-electron chi connectivity index (χ4n) is 1.74. The van der Waals surface area contributed by atoms with Crippen LogP contribution in [0.3, 0.4) is 0 Å². The van der Waals surface area contributed by atoms with E-state index in [2.05, 4.69) is 10.2 Å². The monoisotopic (exact) mass is 309 g/mol. The molecular weight excluding hydrogens is 294 g/mol. The van der Waals surface area contributed by atoms with E-state index in [1.807, 2.05) is 6.92 Å². The van der Waals surface area contributed by atoms with Crippen molar-refractivity contribution in [2.75, 3.05) is 12.4 Å². The molecule has 0 atom stereocenters. The van der Waals surface area contributed by atoms with E-state index in [1.165, 1.54) is 0 Å². The molecule has 21 heavy (non-hydrogen) atoms. The summed E-state index contributed by atoms with van der Waals surface area (Å²) in [7, 11) is 0. The predicted octanol–water partition coefficient (Wildman–Crippen LogP) is 1.33. The number of nitrogens with zero attached hydrogens (tertiary/aromatic N) is 3. The molecule has 0 fully saturated rings. The van der Waals surface area contributed by atoms with Crippen molar-refractivity contribution in [2.24, 2.45) is 0 Å². The molecule has 2 rings (SSSR count). The Hall–Kier alpha value is -2.06. The molecule has 0 unspecified atom stereocenters. The lowest BCUT2D eigenvalue weighted by Crippen LogP contribution is -2.05. The number of aliphatic hydroxyl groups excluding tert-OH is 1. The largest absolute Gasteiger partial charge is 0.494 e. The Bertz CT molecular complexity index is 612. The lowest BCUT2D eigenvalue weighted by atomic mass is 10.3. The van der Waals surface area contributed by atoms with Crippen molar-refractivity contribution in [1.29, 1.82) is 0 Å². The topological polar surface area (TPSA) is 97.5 Å². The van der Waals surface area contributed by atoms with Gasteiger partial charge in [0, 0.05) is 5.69 Å². The number of ether oxygens (including phenoxy) is 1.